The van der Waals surface area contributed by atoms with Crippen LogP contribution < -0.4 is 15.5 Å². The van der Waals surface area contributed by atoms with Crippen LogP contribution in [0.25, 0.3) is 0 Å². The van der Waals surface area contributed by atoms with Crippen LogP contribution in [0.2, 0.25) is 0 Å². The SMILES string of the molecule is CN=C(NCCc1ccc(F)cc1)NCc1cccc(N2CC=CC2)c1. The molecule has 2 N–H and O–H groups in total. The Kier molecular flexibility index (Phi) is 6.25. The van der Waals surface area contributed by atoms with Gasteiger partial charge < -0.3 is 15.5 Å². The molecule has 1 heterocycles. The van der Waals surface area contributed by atoms with Gasteiger partial charge in [-0.25, -0.2) is 4.39 Å². The Morgan fingerprint density at radius 2 is 1.81 bits per heavy atom. The quantitative estimate of drug-likeness (QED) is 0.477. The highest BCUT2D eigenvalue weighted by molar-refractivity contribution is 5.79. The summed E-state index contributed by atoms with van der Waals surface area (Å²) >= 11 is 0. The first-order valence-electron chi connectivity index (χ1n) is 8.92. The zero-order valence-electron chi connectivity index (χ0n) is 15.1. The van der Waals surface area contributed by atoms with Crippen molar-refractivity contribution in [2.75, 3.05) is 31.6 Å². The third-order valence-electron chi connectivity index (χ3n) is 4.40. The maximum absolute atomic E-state index is 12.9. The molecule has 0 bridgehead atoms. The van der Waals surface area contributed by atoms with Crippen LogP contribution >= 0.6 is 0 Å². The maximum Gasteiger partial charge on any atom is 0.191 e. The summed E-state index contributed by atoms with van der Waals surface area (Å²) in [5.41, 5.74) is 3.56. The Labute approximate surface area is 154 Å². The van der Waals surface area contributed by atoms with Gasteiger partial charge in [-0.15, -0.1) is 0 Å². The smallest absolute Gasteiger partial charge is 0.191 e. The van der Waals surface area contributed by atoms with E-state index in [9.17, 15) is 4.39 Å². The number of hydrogen-bond acceptors (Lipinski definition) is 2. The van der Waals surface area contributed by atoms with Crippen molar-refractivity contribution in [3.63, 3.8) is 0 Å². The van der Waals surface area contributed by atoms with Crippen LogP contribution in [0.4, 0.5) is 10.1 Å². The number of anilines is 1. The van der Waals surface area contributed by atoms with E-state index >= 15 is 0 Å². The molecule has 4 nitrogen and oxygen atoms in total. The van der Waals surface area contributed by atoms with Crippen molar-refractivity contribution in [3.8, 4) is 0 Å². The van der Waals surface area contributed by atoms with Crippen molar-refractivity contribution in [3.05, 3.63) is 77.6 Å². The Bertz CT molecular complexity index is 760. The van der Waals surface area contributed by atoms with Crippen LogP contribution in [0, 0.1) is 5.82 Å². The van der Waals surface area contributed by atoms with Gasteiger partial charge in [0, 0.05) is 38.9 Å². The highest BCUT2D eigenvalue weighted by Gasteiger charge is 2.08. The van der Waals surface area contributed by atoms with Gasteiger partial charge in [-0.3, -0.25) is 4.99 Å². The van der Waals surface area contributed by atoms with Gasteiger partial charge >= 0.3 is 0 Å². The van der Waals surface area contributed by atoms with Crippen molar-refractivity contribution >= 4 is 11.6 Å². The minimum Gasteiger partial charge on any atom is -0.364 e. The lowest BCUT2D eigenvalue weighted by Gasteiger charge is -2.19. The molecule has 0 saturated carbocycles. The van der Waals surface area contributed by atoms with E-state index in [4.69, 9.17) is 0 Å². The Morgan fingerprint density at radius 1 is 1.04 bits per heavy atom. The van der Waals surface area contributed by atoms with Gasteiger partial charge in [-0.1, -0.05) is 36.4 Å². The van der Waals surface area contributed by atoms with Crippen molar-refractivity contribution < 1.29 is 4.39 Å². The van der Waals surface area contributed by atoms with Crippen LogP contribution in [0.15, 0.2) is 65.7 Å². The third-order valence-corrected chi connectivity index (χ3v) is 4.40. The first-order valence-corrected chi connectivity index (χ1v) is 8.92. The predicted molar refractivity (Wildman–Crippen MR) is 106 cm³/mol. The predicted octanol–water partition coefficient (Wildman–Crippen LogP) is 3.11. The van der Waals surface area contributed by atoms with Crippen LogP contribution in [-0.2, 0) is 13.0 Å². The fourth-order valence-corrected chi connectivity index (χ4v) is 2.93. The standard InChI is InChI=1S/C21H25FN4/c1-23-21(24-12-11-17-7-9-19(22)10-8-17)25-16-18-5-4-6-20(15-18)26-13-2-3-14-26/h2-10,15H,11-14,16H2,1H3,(H2,23,24,25). The average molecular weight is 352 g/mol. The molecule has 136 valence electrons. The number of benzene rings is 2. The van der Waals surface area contributed by atoms with Crippen molar-refractivity contribution in [2.24, 2.45) is 4.99 Å². The number of aliphatic imine (C=N–C) groups is 1. The summed E-state index contributed by atoms with van der Waals surface area (Å²) in [5.74, 6) is 0.562. The first-order chi connectivity index (χ1) is 12.7. The van der Waals surface area contributed by atoms with E-state index in [1.54, 1.807) is 7.05 Å². The lowest BCUT2D eigenvalue weighted by molar-refractivity contribution is 0.626. The Hall–Kier alpha value is -2.82. The van der Waals surface area contributed by atoms with Crippen molar-refractivity contribution in [1.82, 2.24) is 10.6 Å². The molecule has 26 heavy (non-hydrogen) atoms. The summed E-state index contributed by atoms with van der Waals surface area (Å²) in [6, 6.07) is 15.2. The van der Waals surface area contributed by atoms with Gasteiger partial charge in [0.25, 0.3) is 0 Å². The topological polar surface area (TPSA) is 39.7 Å². The molecule has 0 saturated heterocycles. The molecular weight excluding hydrogens is 327 g/mol. The number of hydrogen-bond donors (Lipinski definition) is 2. The number of nitrogens with one attached hydrogen (secondary N) is 2. The summed E-state index contributed by atoms with van der Waals surface area (Å²) in [6.45, 7) is 3.41. The van der Waals surface area contributed by atoms with Gasteiger partial charge in [0.2, 0.25) is 0 Å². The van der Waals surface area contributed by atoms with Crippen LogP contribution in [0.5, 0.6) is 0 Å². The third kappa shape index (κ3) is 5.09. The molecule has 0 radical (unpaired) electrons. The van der Waals surface area contributed by atoms with Crippen molar-refractivity contribution in [2.45, 2.75) is 13.0 Å². The van der Waals surface area contributed by atoms with E-state index < -0.39 is 0 Å². The molecule has 0 aromatic heterocycles. The van der Waals surface area contributed by atoms with E-state index in [1.165, 1.54) is 23.4 Å². The fraction of sp³-hybridized carbons (Fsp3) is 0.286. The summed E-state index contributed by atoms with van der Waals surface area (Å²) in [5, 5.41) is 6.64. The summed E-state index contributed by atoms with van der Waals surface area (Å²) in [6.07, 6.45) is 5.20. The molecule has 0 amide bonds. The van der Waals surface area contributed by atoms with Gasteiger partial charge in [0.15, 0.2) is 5.96 Å². The number of guanidine groups is 1. The lowest BCUT2D eigenvalue weighted by Crippen LogP contribution is -2.37. The molecule has 0 fully saturated rings. The highest BCUT2D eigenvalue weighted by atomic mass is 19.1. The monoisotopic (exact) mass is 352 g/mol. The van der Waals surface area contributed by atoms with E-state index in [-0.39, 0.29) is 5.82 Å². The summed E-state index contributed by atoms with van der Waals surface area (Å²) in [4.78, 5) is 6.59. The molecule has 0 aliphatic carbocycles. The number of nitrogens with zero attached hydrogens (tertiary/aromatic N) is 2. The minimum atomic E-state index is -0.203. The van der Waals surface area contributed by atoms with E-state index in [0.717, 1.165) is 37.6 Å². The van der Waals surface area contributed by atoms with Gasteiger partial charge in [-0.2, -0.15) is 0 Å². The maximum atomic E-state index is 12.9. The summed E-state index contributed by atoms with van der Waals surface area (Å²) in [7, 11) is 1.76. The molecule has 0 unspecified atom stereocenters. The minimum absolute atomic E-state index is 0.203. The zero-order valence-corrected chi connectivity index (χ0v) is 15.1. The second-order valence-corrected chi connectivity index (χ2v) is 6.28. The Morgan fingerprint density at radius 3 is 2.54 bits per heavy atom. The van der Waals surface area contributed by atoms with Gasteiger partial charge in [0.1, 0.15) is 5.82 Å². The largest absolute Gasteiger partial charge is 0.364 e. The van der Waals surface area contributed by atoms with Crippen molar-refractivity contribution in [1.29, 1.82) is 0 Å². The molecule has 2 aromatic carbocycles. The molecule has 0 atom stereocenters. The lowest BCUT2D eigenvalue weighted by atomic mass is 10.1. The van der Waals surface area contributed by atoms with E-state index in [1.807, 2.05) is 12.1 Å². The molecule has 5 heteroatoms. The second-order valence-electron chi connectivity index (χ2n) is 6.28. The second kappa shape index (κ2) is 9.04. The van der Waals surface area contributed by atoms with E-state index in [0.29, 0.717) is 6.54 Å². The van der Waals surface area contributed by atoms with Crippen LogP contribution in [0.3, 0.4) is 0 Å². The van der Waals surface area contributed by atoms with Gasteiger partial charge in [0.05, 0.1) is 0 Å². The molecule has 3 rings (SSSR count). The molecule has 1 aliphatic heterocycles. The number of halogens is 1. The molecule has 1 aliphatic rings. The molecule has 0 spiro atoms. The Balaban J connectivity index is 1.46. The fourth-order valence-electron chi connectivity index (χ4n) is 2.93. The van der Waals surface area contributed by atoms with Gasteiger partial charge in [-0.05, 0) is 41.8 Å². The molecule has 2 aromatic rings. The normalized spacial score (nSPS) is 13.9. The van der Waals surface area contributed by atoms with E-state index in [2.05, 4.69) is 56.9 Å². The van der Waals surface area contributed by atoms with Crippen LogP contribution in [0.1, 0.15) is 11.1 Å². The number of rotatable bonds is 6. The van der Waals surface area contributed by atoms with Crippen LogP contribution in [-0.4, -0.2) is 32.6 Å². The summed E-state index contributed by atoms with van der Waals surface area (Å²) < 4.78 is 12.9. The molecular formula is C21H25FN4. The zero-order chi connectivity index (χ0) is 18.2. The average Bonchev–Trinajstić information content (AvgIpc) is 3.21. The first kappa shape index (κ1) is 18.0. The highest BCUT2D eigenvalue weighted by Crippen LogP contribution is 2.18.